The molecule has 0 saturated carbocycles. The molecule has 15 heavy (non-hydrogen) atoms. The number of thiophene rings is 1. The second-order valence-electron chi connectivity index (χ2n) is 3.66. The Labute approximate surface area is 101 Å². The van der Waals surface area contributed by atoms with Gasteiger partial charge in [-0.1, -0.05) is 11.6 Å². The van der Waals surface area contributed by atoms with Gasteiger partial charge in [-0.05, 0) is 38.9 Å². The number of ether oxygens (including phenoxy) is 1. The van der Waals surface area contributed by atoms with Crippen LogP contribution in [-0.4, -0.2) is 19.3 Å². The van der Waals surface area contributed by atoms with Crippen LogP contribution in [0.2, 0.25) is 4.34 Å². The largest absolute Gasteiger partial charge is 0.379 e. The standard InChI is InChI=1S/C11H18ClNOS/c1-9(2)14-7-3-6-13-8-10-4-5-11(12)15-10/h4-5,9,13H,3,6-8H2,1-2H3. The van der Waals surface area contributed by atoms with Gasteiger partial charge in [-0.3, -0.25) is 0 Å². The van der Waals surface area contributed by atoms with Crippen LogP contribution in [0.3, 0.4) is 0 Å². The Kier molecular flexibility index (Phi) is 6.25. The molecule has 0 atom stereocenters. The van der Waals surface area contributed by atoms with Crippen molar-refractivity contribution >= 4 is 22.9 Å². The molecular formula is C11H18ClNOS. The van der Waals surface area contributed by atoms with Crippen LogP contribution >= 0.6 is 22.9 Å². The summed E-state index contributed by atoms with van der Waals surface area (Å²) in [5.74, 6) is 0. The molecule has 0 bridgehead atoms. The van der Waals surface area contributed by atoms with Crippen molar-refractivity contribution in [2.75, 3.05) is 13.2 Å². The van der Waals surface area contributed by atoms with Gasteiger partial charge in [-0.15, -0.1) is 11.3 Å². The summed E-state index contributed by atoms with van der Waals surface area (Å²) in [6.07, 6.45) is 1.39. The quantitative estimate of drug-likeness (QED) is 0.747. The van der Waals surface area contributed by atoms with Crippen molar-refractivity contribution < 1.29 is 4.74 Å². The van der Waals surface area contributed by atoms with Crippen molar-refractivity contribution in [1.82, 2.24) is 5.32 Å². The van der Waals surface area contributed by atoms with Crippen LogP contribution in [-0.2, 0) is 11.3 Å². The second-order valence-corrected chi connectivity index (χ2v) is 5.46. The molecule has 0 aliphatic heterocycles. The van der Waals surface area contributed by atoms with Crippen molar-refractivity contribution in [3.8, 4) is 0 Å². The first-order valence-electron chi connectivity index (χ1n) is 5.25. The minimum absolute atomic E-state index is 0.334. The van der Waals surface area contributed by atoms with Gasteiger partial charge in [0.2, 0.25) is 0 Å². The summed E-state index contributed by atoms with van der Waals surface area (Å²) >= 11 is 7.46. The fraction of sp³-hybridized carbons (Fsp3) is 0.636. The predicted octanol–water partition coefficient (Wildman–Crippen LogP) is 3.31. The van der Waals surface area contributed by atoms with Gasteiger partial charge in [0.1, 0.15) is 0 Å². The normalized spacial score (nSPS) is 11.2. The molecule has 1 aromatic rings. The lowest BCUT2D eigenvalue weighted by Crippen LogP contribution is -2.16. The number of halogens is 1. The maximum Gasteiger partial charge on any atom is 0.0931 e. The maximum absolute atomic E-state index is 5.83. The van der Waals surface area contributed by atoms with E-state index >= 15 is 0 Å². The lowest BCUT2D eigenvalue weighted by atomic mass is 10.4. The molecule has 0 aliphatic carbocycles. The third-order valence-corrected chi connectivity index (χ3v) is 3.11. The van der Waals surface area contributed by atoms with Gasteiger partial charge >= 0.3 is 0 Å². The van der Waals surface area contributed by atoms with E-state index in [-0.39, 0.29) is 0 Å². The summed E-state index contributed by atoms with van der Waals surface area (Å²) in [5.41, 5.74) is 0. The van der Waals surface area contributed by atoms with Crippen molar-refractivity contribution in [2.24, 2.45) is 0 Å². The van der Waals surface area contributed by atoms with E-state index in [1.807, 2.05) is 6.07 Å². The Bertz CT molecular complexity index is 275. The molecule has 0 fully saturated rings. The number of hydrogen-bond acceptors (Lipinski definition) is 3. The van der Waals surface area contributed by atoms with E-state index in [4.69, 9.17) is 16.3 Å². The molecule has 0 aromatic carbocycles. The zero-order chi connectivity index (χ0) is 11.1. The minimum Gasteiger partial charge on any atom is -0.379 e. The SMILES string of the molecule is CC(C)OCCCNCc1ccc(Cl)s1. The van der Waals surface area contributed by atoms with Crippen molar-refractivity contribution in [3.63, 3.8) is 0 Å². The fourth-order valence-corrected chi connectivity index (χ4v) is 2.23. The first-order valence-corrected chi connectivity index (χ1v) is 6.44. The predicted molar refractivity (Wildman–Crippen MR) is 66.7 cm³/mol. The van der Waals surface area contributed by atoms with Gasteiger partial charge in [0.15, 0.2) is 0 Å². The van der Waals surface area contributed by atoms with E-state index < -0.39 is 0 Å². The van der Waals surface area contributed by atoms with Crippen LogP contribution in [0, 0.1) is 0 Å². The van der Waals surface area contributed by atoms with Crippen molar-refractivity contribution in [2.45, 2.75) is 32.9 Å². The highest BCUT2D eigenvalue weighted by molar-refractivity contribution is 7.16. The maximum atomic E-state index is 5.83. The first-order chi connectivity index (χ1) is 7.18. The van der Waals surface area contributed by atoms with Gasteiger partial charge in [-0.25, -0.2) is 0 Å². The Morgan fingerprint density at radius 2 is 2.27 bits per heavy atom. The third-order valence-electron chi connectivity index (χ3n) is 1.88. The average Bonchev–Trinajstić information content (AvgIpc) is 2.57. The summed E-state index contributed by atoms with van der Waals surface area (Å²) in [4.78, 5) is 1.28. The Balaban J connectivity index is 1.98. The topological polar surface area (TPSA) is 21.3 Å². The molecule has 0 aliphatic rings. The van der Waals surface area contributed by atoms with Gasteiger partial charge in [0.25, 0.3) is 0 Å². The molecule has 1 rings (SSSR count). The lowest BCUT2D eigenvalue weighted by molar-refractivity contribution is 0.0770. The summed E-state index contributed by atoms with van der Waals surface area (Å²) in [5, 5.41) is 3.36. The monoisotopic (exact) mass is 247 g/mol. The molecule has 86 valence electrons. The van der Waals surface area contributed by atoms with Crippen LogP contribution < -0.4 is 5.32 Å². The summed E-state index contributed by atoms with van der Waals surface area (Å²) < 4.78 is 6.30. The smallest absolute Gasteiger partial charge is 0.0931 e. The number of hydrogen-bond donors (Lipinski definition) is 1. The van der Waals surface area contributed by atoms with Gasteiger partial charge in [-0.2, -0.15) is 0 Å². The molecule has 0 spiro atoms. The van der Waals surface area contributed by atoms with E-state index in [2.05, 4.69) is 25.2 Å². The Morgan fingerprint density at radius 3 is 2.87 bits per heavy atom. The molecule has 1 N–H and O–H groups in total. The Hall–Kier alpha value is -0.0900. The molecule has 2 nitrogen and oxygen atoms in total. The summed E-state index contributed by atoms with van der Waals surface area (Å²) in [6.45, 7) is 6.83. The molecule has 1 aromatic heterocycles. The zero-order valence-electron chi connectivity index (χ0n) is 9.25. The minimum atomic E-state index is 0.334. The lowest BCUT2D eigenvalue weighted by Gasteiger charge is -2.07. The molecule has 4 heteroatoms. The summed E-state index contributed by atoms with van der Waals surface area (Å²) in [7, 11) is 0. The zero-order valence-corrected chi connectivity index (χ0v) is 10.8. The van der Waals surface area contributed by atoms with Gasteiger partial charge in [0.05, 0.1) is 10.4 Å². The molecule has 0 radical (unpaired) electrons. The van der Waals surface area contributed by atoms with Gasteiger partial charge in [0, 0.05) is 18.0 Å². The van der Waals surface area contributed by atoms with Crippen LogP contribution in [0.15, 0.2) is 12.1 Å². The highest BCUT2D eigenvalue weighted by Gasteiger charge is 1.97. The number of nitrogens with one attached hydrogen (secondary N) is 1. The first kappa shape index (κ1) is 13.0. The van der Waals surface area contributed by atoms with Crippen molar-refractivity contribution in [3.05, 3.63) is 21.3 Å². The van der Waals surface area contributed by atoms with Gasteiger partial charge < -0.3 is 10.1 Å². The fourth-order valence-electron chi connectivity index (χ4n) is 1.17. The molecule has 1 heterocycles. The van der Waals surface area contributed by atoms with E-state index in [9.17, 15) is 0 Å². The van der Waals surface area contributed by atoms with E-state index in [0.717, 1.165) is 30.5 Å². The highest BCUT2D eigenvalue weighted by Crippen LogP contribution is 2.20. The van der Waals surface area contributed by atoms with E-state index in [0.29, 0.717) is 6.10 Å². The van der Waals surface area contributed by atoms with Crippen molar-refractivity contribution in [1.29, 1.82) is 0 Å². The Morgan fingerprint density at radius 1 is 1.47 bits per heavy atom. The van der Waals surface area contributed by atoms with Crippen LogP contribution in [0.5, 0.6) is 0 Å². The van der Waals surface area contributed by atoms with E-state index in [1.165, 1.54) is 4.88 Å². The second kappa shape index (κ2) is 7.23. The molecular weight excluding hydrogens is 230 g/mol. The van der Waals surface area contributed by atoms with Crippen LogP contribution in [0.25, 0.3) is 0 Å². The number of rotatable bonds is 7. The van der Waals surface area contributed by atoms with Crippen LogP contribution in [0.4, 0.5) is 0 Å². The van der Waals surface area contributed by atoms with E-state index in [1.54, 1.807) is 11.3 Å². The van der Waals surface area contributed by atoms with Crippen LogP contribution in [0.1, 0.15) is 25.1 Å². The highest BCUT2D eigenvalue weighted by atomic mass is 35.5. The molecule has 0 amide bonds. The molecule has 0 saturated heterocycles. The molecule has 0 unspecified atom stereocenters. The third kappa shape index (κ3) is 6.15. The average molecular weight is 248 g/mol. The summed E-state index contributed by atoms with van der Waals surface area (Å²) in [6, 6.07) is 4.00.